The molecule has 0 aliphatic carbocycles. The first kappa shape index (κ1) is 14.7. The van der Waals surface area contributed by atoms with E-state index in [1.54, 1.807) is 19.2 Å². The number of aryl methyl sites for hydroxylation is 1. The molecule has 5 nitrogen and oxygen atoms in total. The number of nitrogens with zero attached hydrogens (tertiary/aromatic N) is 3. The summed E-state index contributed by atoms with van der Waals surface area (Å²) in [6, 6.07) is 7.57. The predicted octanol–water partition coefficient (Wildman–Crippen LogP) is 1.01. The molecule has 0 atom stereocenters. The van der Waals surface area contributed by atoms with E-state index in [0.717, 1.165) is 20.0 Å². The van der Waals surface area contributed by atoms with Crippen LogP contribution < -0.4 is 13.7 Å². The van der Waals surface area contributed by atoms with E-state index < -0.39 is 0 Å². The molecule has 0 unspecified atom stereocenters. The summed E-state index contributed by atoms with van der Waals surface area (Å²) in [5.41, 5.74) is 9.30. The number of methoxy groups -OCH3 is 1. The maximum atomic E-state index is 8.93. The van der Waals surface area contributed by atoms with Gasteiger partial charge in [0, 0.05) is 0 Å². The van der Waals surface area contributed by atoms with Crippen molar-refractivity contribution in [1.29, 1.82) is 5.26 Å². The van der Waals surface area contributed by atoms with E-state index in [-0.39, 0.29) is 0 Å². The molecule has 0 spiro atoms. The van der Waals surface area contributed by atoms with Crippen LogP contribution in [-0.2, 0) is 32.5 Å². The summed E-state index contributed by atoms with van der Waals surface area (Å²) in [6.45, 7) is 1.94. The fraction of sp³-hybridized carbons (Fsp3) is 0.214. The summed E-state index contributed by atoms with van der Waals surface area (Å²) in [6.07, 6.45) is 0.694. The molecule has 0 bridgehead atoms. The molecular formula is C14H13HgN4O. The molecule has 0 aliphatic rings. The first-order valence-electron chi connectivity index (χ1n) is 6.07. The van der Waals surface area contributed by atoms with Gasteiger partial charge in [-0.25, -0.2) is 0 Å². The Kier molecular flexibility index (Phi) is 4.55. The molecule has 2 aromatic rings. The van der Waals surface area contributed by atoms with Gasteiger partial charge in [0.05, 0.1) is 0 Å². The Balaban J connectivity index is 2.43. The van der Waals surface area contributed by atoms with Crippen molar-refractivity contribution in [3.8, 4) is 11.8 Å². The zero-order valence-corrected chi connectivity index (χ0v) is 17.0. The monoisotopic (exact) mass is 455 g/mol. The van der Waals surface area contributed by atoms with Crippen LogP contribution in [-0.4, -0.2) is 17.1 Å². The molecule has 1 aromatic heterocycles. The number of anilines is 1. The number of nitriles is 1. The number of hydrogen-bond donors (Lipinski definition) is 1. The van der Waals surface area contributed by atoms with Gasteiger partial charge in [0.15, 0.2) is 0 Å². The molecule has 0 fully saturated rings. The van der Waals surface area contributed by atoms with Crippen LogP contribution in [0.15, 0.2) is 18.2 Å². The van der Waals surface area contributed by atoms with E-state index in [1.807, 2.05) is 13.0 Å². The molecule has 6 heteroatoms. The zero-order valence-electron chi connectivity index (χ0n) is 11.5. The fourth-order valence-corrected chi connectivity index (χ4v) is 4.17. The van der Waals surface area contributed by atoms with Crippen LogP contribution >= 0.6 is 0 Å². The minimum absolute atomic E-state index is 0.336. The van der Waals surface area contributed by atoms with E-state index in [2.05, 4.69) is 16.0 Å². The van der Waals surface area contributed by atoms with Gasteiger partial charge < -0.3 is 0 Å². The Labute approximate surface area is 133 Å². The molecule has 0 saturated heterocycles. The number of hydrogen-bond acceptors (Lipinski definition) is 5. The molecule has 1 aromatic carbocycles. The van der Waals surface area contributed by atoms with Crippen molar-refractivity contribution in [2.75, 3.05) is 12.8 Å². The van der Waals surface area contributed by atoms with Gasteiger partial charge in [0.1, 0.15) is 0 Å². The van der Waals surface area contributed by atoms with E-state index >= 15 is 0 Å². The third-order valence-electron chi connectivity index (χ3n) is 3.10. The van der Waals surface area contributed by atoms with Crippen molar-refractivity contribution < 1.29 is 30.9 Å². The summed E-state index contributed by atoms with van der Waals surface area (Å²) in [4.78, 5) is 8.50. The van der Waals surface area contributed by atoms with Crippen LogP contribution in [0.2, 0.25) is 0 Å². The third kappa shape index (κ3) is 3.07. The first-order chi connectivity index (χ1) is 9.55. The van der Waals surface area contributed by atoms with Crippen molar-refractivity contribution >= 4 is 9.15 Å². The van der Waals surface area contributed by atoms with E-state index in [9.17, 15) is 0 Å². The van der Waals surface area contributed by atoms with Gasteiger partial charge in [-0.15, -0.1) is 0 Å². The number of nitrogens with two attached hydrogens (primary N) is 1. The number of benzene rings is 1. The molecule has 97 valence electrons. The standard InChI is InChI=1S/C14H13N4O.Hg/c1-9-12(8-17-14(16)18-9)6-11-4-3-10(7-15)5-13(11)19-2;/h3-5H,6H2,1-2H3,(H2,16,17,18);. The van der Waals surface area contributed by atoms with E-state index in [4.69, 9.17) is 15.7 Å². The molecule has 20 heavy (non-hydrogen) atoms. The molecule has 1 heterocycles. The number of ether oxygens (including phenoxy) is 1. The van der Waals surface area contributed by atoms with Gasteiger partial charge in [-0.05, 0) is 0 Å². The molecule has 2 rings (SSSR count). The van der Waals surface area contributed by atoms with Gasteiger partial charge in [-0.3, -0.25) is 0 Å². The van der Waals surface area contributed by atoms with E-state index in [0.29, 0.717) is 49.8 Å². The summed E-state index contributed by atoms with van der Waals surface area (Å²) in [5, 5.41) is 8.93. The van der Waals surface area contributed by atoms with Crippen LogP contribution in [0.5, 0.6) is 5.75 Å². The molecule has 0 amide bonds. The zero-order chi connectivity index (χ0) is 14.7. The Bertz CT molecular complexity index is 671. The second-order valence-corrected chi connectivity index (χ2v) is 7.01. The fourth-order valence-electron chi connectivity index (χ4n) is 2.06. The van der Waals surface area contributed by atoms with Crippen molar-refractivity contribution in [2.24, 2.45) is 0 Å². The van der Waals surface area contributed by atoms with Crippen LogP contribution in [0.1, 0.15) is 22.4 Å². The van der Waals surface area contributed by atoms with Crippen LogP contribution in [0.3, 0.4) is 0 Å². The number of rotatable bonds is 3. The Morgan fingerprint density at radius 1 is 1.40 bits per heavy atom. The summed E-state index contributed by atoms with van der Waals surface area (Å²) in [7, 11) is 1.61. The number of aromatic nitrogens is 2. The second kappa shape index (κ2) is 6.18. The quantitative estimate of drug-likeness (QED) is 0.701. The first-order valence-corrected chi connectivity index (χ1v) is 8.82. The van der Waals surface area contributed by atoms with Crippen LogP contribution in [0, 0.1) is 18.3 Å². The van der Waals surface area contributed by atoms with Crippen LogP contribution in [0.4, 0.5) is 5.95 Å². The van der Waals surface area contributed by atoms with Crippen LogP contribution in [0.25, 0.3) is 0 Å². The topological polar surface area (TPSA) is 84.8 Å². The Hall–Kier alpha value is -1.67. The van der Waals surface area contributed by atoms with Crippen molar-refractivity contribution in [3.05, 3.63) is 40.6 Å². The molecular weight excluding hydrogens is 441 g/mol. The van der Waals surface area contributed by atoms with Gasteiger partial charge in [-0.1, -0.05) is 0 Å². The van der Waals surface area contributed by atoms with Crippen molar-refractivity contribution in [2.45, 2.75) is 13.3 Å². The number of nitrogen functional groups attached to an aromatic ring is 1. The average Bonchev–Trinajstić information content (AvgIpc) is 2.42. The molecule has 2 N–H and O–H groups in total. The van der Waals surface area contributed by atoms with Crippen molar-refractivity contribution in [3.63, 3.8) is 0 Å². The summed E-state index contributed by atoms with van der Waals surface area (Å²) < 4.78 is 6.42. The van der Waals surface area contributed by atoms with Gasteiger partial charge in [0.2, 0.25) is 0 Å². The SMILES string of the molecule is COc1cc(C#N)ccc1Cc1c(C)nc(N)n[c]1[Hg]. The predicted molar refractivity (Wildman–Crippen MR) is 71.3 cm³/mol. The van der Waals surface area contributed by atoms with E-state index in [1.165, 1.54) is 0 Å². The average molecular weight is 454 g/mol. The molecule has 0 aliphatic heterocycles. The summed E-state index contributed by atoms with van der Waals surface area (Å²) in [5.74, 6) is 1.05. The van der Waals surface area contributed by atoms with Gasteiger partial charge in [-0.2, -0.15) is 0 Å². The minimum atomic E-state index is 0.336. The summed E-state index contributed by atoms with van der Waals surface area (Å²) >= 11 is 0.365. The van der Waals surface area contributed by atoms with Gasteiger partial charge >= 0.3 is 134 Å². The normalized spacial score (nSPS) is 10.2. The Morgan fingerprint density at radius 3 is 2.75 bits per heavy atom. The van der Waals surface area contributed by atoms with Crippen molar-refractivity contribution in [1.82, 2.24) is 9.97 Å². The Morgan fingerprint density at radius 2 is 2.15 bits per heavy atom. The molecule has 0 radical (unpaired) electrons. The molecule has 0 saturated carbocycles. The third-order valence-corrected chi connectivity index (χ3v) is 5.37. The second-order valence-electron chi connectivity index (χ2n) is 4.41. The van der Waals surface area contributed by atoms with Gasteiger partial charge in [0.25, 0.3) is 0 Å². The maximum absolute atomic E-state index is 8.93.